The van der Waals surface area contributed by atoms with E-state index in [9.17, 15) is 4.79 Å². The molecule has 0 aliphatic rings. The number of hydrogen-bond acceptors (Lipinski definition) is 2. The summed E-state index contributed by atoms with van der Waals surface area (Å²) in [6.45, 7) is 4.71. The lowest BCUT2D eigenvalue weighted by molar-refractivity contribution is -0.121. The van der Waals surface area contributed by atoms with E-state index in [-0.39, 0.29) is 11.9 Å². The molecule has 18 heavy (non-hydrogen) atoms. The summed E-state index contributed by atoms with van der Waals surface area (Å²) in [6, 6.07) is 7.13. The van der Waals surface area contributed by atoms with Crippen molar-refractivity contribution in [2.45, 2.75) is 39.2 Å². The topological polar surface area (TPSA) is 41.1 Å². The molecule has 100 valence electrons. The first-order valence-electron chi connectivity index (χ1n) is 6.44. The third kappa shape index (κ3) is 4.96. The summed E-state index contributed by atoms with van der Waals surface area (Å²) in [4.78, 5) is 11.8. The Morgan fingerprint density at radius 2 is 2.06 bits per heavy atom. The van der Waals surface area contributed by atoms with Gasteiger partial charge in [-0.25, -0.2) is 0 Å². The molecule has 0 spiro atoms. The van der Waals surface area contributed by atoms with Gasteiger partial charge >= 0.3 is 0 Å². The quantitative estimate of drug-likeness (QED) is 0.744. The van der Waals surface area contributed by atoms with E-state index in [0.29, 0.717) is 5.02 Å². The zero-order valence-electron chi connectivity index (χ0n) is 11.0. The maximum absolute atomic E-state index is 11.8. The monoisotopic (exact) mass is 268 g/mol. The zero-order chi connectivity index (χ0) is 13.4. The molecule has 1 aromatic rings. The SMILES string of the molecule is CCCCCNC(=O)C(C)Nc1ccccc1Cl. The summed E-state index contributed by atoms with van der Waals surface area (Å²) in [5.74, 6) is 0.00558. The Balaban J connectivity index is 2.38. The average molecular weight is 269 g/mol. The number of carbonyl (C=O) groups is 1. The Morgan fingerprint density at radius 3 is 2.72 bits per heavy atom. The molecule has 0 saturated heterocycles. The number of rotatable bonds is 7. The van der Waals surface area contributed by atoms with Crippen LogP contribution >= 0.6 is 11.6 Å². The second-order valence-corrected chi connectivity index (χ2v) is 4.75. The molecule has 0 aromatic heterocycles. The number of unbranched alkanes of at least 4 members (excludes halogenated alkanes) is 2. The summed E-state index contributed by atoms with van der Waals surface area (Å²) in [5.41, 5.74) is 0.787. The molecule has 1 aromatic carbocycles. The van der Waals surface area contributed by atoms with Crippen LogP contribution in [0.15, 0.2) is 24.3 Å². The molecule has 3 nitrogen and oxygen atoms in total. The minimum Gasteiger partial charge on any atom is -0.373 e. The molecule has 1 atom stereocenters. The van der Waals surface area contributed by atoms with E-state index < -0.39 is 0 Å². The second-order valence-electron chi connectivity index (χ2n) is 4.34. The van der Waals surface area contributed by atoms with E-state index in [0.717, 1.165) is 31.5 Å². The average Bonchev–Trinajstić information content (AvgIpc) is 2.37. The van der Waals surface area contributed by atoms with Gasteiger partial charge in [-0.3, -0.25) is 4.79 Å². The van der Waals surface area contributed by atoms with Gasteiger partial charge in [-0.2, -0.15) is 0 Å². The van der Waals surface area contributed by atoms with Crippen LogP contribution in [0.4, 0.5) is 5.69 Å². The highest BCUT2D eigenvalue weighted by Gasteiger charge is 2.12. The van der Waals surface area contributed by atoms with Crippen molar-refractivity contribution in [1.29, 1.82) is 0 Å². The van der Waals surface area contributed by atoms with Gasteiger partial charge in [0.1, 0.15) is 6.04 Å². The standard InChI is InChI=1S/C14H21ClN2O/c1-3-4-7-10-16-14(18)11(2)17-13-9-6-5-8-12(13)15/h5-6,8-9,11,17H,3-4,7,10H2,1-2H3,(H,16,18). The summed E-state index contributed by atoms with van der Waals surface area (Å²) >= 11 is 6.02. The molecule has 0 saturated carbocycles. The molecule has 4 heteroatoms. The van der Waals surface area contributed by atoms with Gasteiger partial charge in [0.05, 0.1) is 10.7 Å². The third-order valence-electron chi connectivity index (χ3n) is 2.72. The van der Waals surface area contributed by atoms with Gasteiger partial charge in [-0.15, -0.1) is 0 Å². The number of halogens is 1. The minimum atomic E-state index is -0.286. The summed E-state index contributed by atoms with van der Waals surface area (Å²) in [7, 11) is 0. The van der Waals surface area contributed by atoms with Crippen LogP contribution in [-0.2, 0) is 4.79 Å². The highest BCUT2D eigenvalue weighted by Crippen LogP contribution is 2.21. The molecule has 2 N–H and O–H groups in total. The molecular weight excluding hydrogens is 248 g/mol. The third-order valence-corrected chi connectivity index (χ3v) is 3.05. The lowest BCUT2D eigenvalue weighted by Crippen LogP contribution is -2.38. The van der Waals surface area contributed by atoms with Crippen LogP contribution < -0.4 is 10.6 Å². The lowest BCUT2D eigenvalue weighted by Gasteiger charge is -2.16. The second kappa shape index (κ2) is 7.98. The highest BCUT2D eigenvalue weighted by atomic mass is 35.5. The Hall–Kier alpha value is -1.22. The van der Waals surface area contributed by atoms with Crippen molar-refractivity contribution in [3.05, 3.63) is 29.3 Å². The first-order chi connectivity index (χ1) is 8.65. The Kier molecular flexibility index (Phi) is 6.58. The predicted molar refractivity (Wildman–Crippen MR) is 77.1 cm³/mol. The number of hydrogen-bond donors (Lipinski definition) is 2. The van der Waals surface area contributed by atoms with Crippen LogP contribution in [-0.4, -0.2) is 18.5 Å². The number of para-hydroxylation sites is 1. The lowest BCUT2D eigenvalue weighted by atomic mass is 10.2. The molecule has 0 bridgehead atoms. The van der Waals surface area contributed by atoms with Crippen LogP contribution in [0, 0.1) is 0 Å². The van der Waals surface area contributed by atoms with E-state index in [4.69, 9.17) is 11.6 Å². The van der Waals surface area contributed by atoms with Crippen molar-refractivity contribution >= 4 is 23.2 Å². The molecule has 0 aliphatic carbocycles. The van der Waals surface area contributed by atoms with Crippen molar-refractivity contribution in [2.75, 3.05) is 11.9 Å². The minimum absolute atomic E-state index is 0.00558. The number of carbonyl (C=O) groups excluding carboxylic acids is 1. The number of benzene rings is 1. The van der Waals surface area contributed by atoms with Crippen molar-refractivity contribution in [3.8, 4) is 0 Å². The van der Waals surface area contributed by atoms with Gasteiger partial charge in [0, 0.05) is 6.54 Å². The number of nitrogens with one attached hydrogen (secondary N) is 2. The summed E-state index contributed by atoms with van der Waals surface area (Å²) < 4.78 is 0. The first-order valence-corrected chi connectivity index (χ1v) is 6.81. The van der Waals surface area contributed by atoms with Crippen LogP contribution in [0.1, 0.15) is 33.1 Å². The molecular formula is C14H21ClN2O. The Bertz CT molecular complexity index is 382. The molecule has 1 amide bonds. The summed E-state index contributed by atoms with van der Waals surface area (Å²) in [5, 5.41) is 6.65. The summed E-state index contributed by atoms with van der Waals surface area (Å²) in [6.07, 6.45) is 3.33. The van der Waals surface area contributed by atoms with E-state index in [2.05, 4.69) is 17.6 Å². The van der Waals surface area contributed by atoms with Crippen LogP contribution in [0.3, 0.4) is 0 Å². The molecule has 1 rings (SSSR count). The predicted octanol–water partition coefficient (Wildman–Crippen LogP) is 3.45. The fourth-order valence-electron chi connectivity index (χ4n) is 1.62. The molecule has 0 aliphatic heterocycles. The Morgan fingerprint density at radius 1 is 1.33 bits per heavy atom. The van der Waals surface area contributed by atoms with Gasteiger partial charge in [0.2, 0.25) is 5.91 Å². The maximum atomic E-state index is 11.8. The van der Waals surface area contributed by atoms with Gasteiger partial charge in [0.25, 0.3) is 0 Å². The van der Waals surface area contributed by atoms with Gasteiger partial charge in [-0.1, -0.05) is 43.5 Å². The smallest absolute Gasteiger partial charge is 0.242 e. The Labute approximate surface area is 114 Å². The van der Waals surface area contributed by atoms with Crippen molar-refractivity contribution in [2.24, 2.45) is 0 Å². The molecule has 0 fully saturated rings. The van der Waals surface area contributed by atoms with E-state index in [1.807, 2.05) is 25.1 Å². The number of anilines is 1. The zero-order valence-corrected chi connectivity index (χ0v) is 11.8. The maximum Gasteiger partial charge on any atom is 0.242 e. The normalized spacial score (nSPS) is 11.9. The highest BCUT2D eigenvalue weighted by molar-refractivity contribution is 6.33. The number of amides is 1. The van der Waals surface area contributed by atoms with Crippen LogP contribution in [0.5, 0.6) is 0 Å². The molecule has 0 heterocycles. The molecule has 0 radical (unpaired) electrons. The van der Waals surface area contributed by atoms with Crippen molar-refractivity contribution < 1.29 is 4.79 Å². The van der Waals surface area contributed by atoms with Crippen LogP contribution in [0.2, 0.25) is 5.02 Å². The fourth-order valence-corrected chi connectivity index (χ4v) is 1.81. The van der Waals surface area contributed by atoms with E-state index in [1.54, 1.807) is 6.07 Å². The van der Waals surface area contributed by atoms with E-state index >= 15 is 0 Å². The molecule has 1 unspecified atom stereocenters. The fraction of sp³-hybridized carbons (Fsp3) is 0.500. The van der Waals surface area contributed by atoms with Gasteiger partial charge in [-0.05, 0) is 25.5 Å². The van der Waals surface area contributed by atoms with Crippen molar-refractivity contribution in [1.82, 2.24) is 5.32 Å². The first kappa shape index (κ1) is 14.8. The largest absolute Gasteiger partial charge is 0.373 e. The van der Waals surface area contributed by atoms with Crippen molar-refractivity contribution in [3.63, 3.8) is 0 Å². The van der Waals surface area contributed by atoms with E-state index in [1.165, 1.54) is 0 Å². The van der Waals surface area contributed by atoms with Gasteiger partial charge < -0.3 is 10.6 Å². The van der Waals surface area contributed by atoms with Crippen LogP contribution in [0.25, 0.3) is 0 Å². The van der Waals surface area contributed by atoms with Gasteiger partial charge in [0.15, 0.2) is 0 Å².